The fourth-order valence-electron chi connectivity index (χ4n) is 1.92. The van der Waals surface area contributed by atoms with E-state index in [0.29, 0.717) is 0 Å². The lowest BCUT2D eigenvalue weighted by atomic mass is 10.4. The zero-order chi connectivity index (χ0) is 9.73. The molecule has 0 aliphatic heterocycles. The Hall–Kier alpha value is -0.563. The molecule has 0 nitrogen and oxygen atoms in total. The predicted molar refractivity (Wildman–Crippen MR) is 63.3 cm³/mol. The second-order valence-corrected chi connectivity index (χ2v) is 8.94. The molecule has 0 saturated carbocycles. The first-order chi connectivity index (χ1) is 6.23. The van der Waals surface area contributed by atoms with E-state index in [9.17, 15) is 0 Å². The van der Waals surface area contributed by atoms with Gasteiger partial charge in [0.05, 0.1) is 8.07 Å². The van der Waals surface area contributed by atoms with E-state index >= 15 is 0 Å². The summed E-state index contributed by atoms with van der Waals surface area (Å²) in [6, 6.07) is 13.9. The first-order valence-corrected chi connectivity index (χ1v) is 8.20. The highest BCUT2D eigenvalue weighted by molar-refractivity contribution is 6.90. The summed E-state index contributed by atoms with van der Waals surface area (Å²) < 4.78 is 0. The highest BCUT2D eigenvalue weighted by atomic mass is 28.3. The lowest BCUT2D eigenvalue weighted by Crippen LogP contribution is -2.43. The van der Waals surface area contributed by atoms with Crippen molar-refractivity contribution in [3.8, 4) is 0 Å². The number of rotatable bonds is 4. The minimum absolute atomic E-state index is 1.10. The quantitative estimate of drug-likeness (QED) is 0.641. The van der Waals surface area contributed by atoms with Gasteiger partial charge in [0.15, 0.2) is 0 Å². The SMILES string of the molecule is CCC[Si](C)(CC)c1ccccc1. The van der Waals surface area contributed by atoms with E-state index in [4.69, 9.17) is 0 Å². The smallest absolute Gasteiger partial charge is 0.0675 e. The Balaban J connectivity index is 2.89. The second kappa shape index (κ2) is 4.61. The van der Waals surface area contributed by atoms with Gasteiger partial charge in [0, 0.05) is 0 Å². The summed E-state index contributed by atoms with van der Waals surface area (Å²) in [6.07, 6.45) is 1.32. The maximum Gasteiger partial charge on any atom is 0.0833 e. The highest BCUT2D eigenvalue weighted by Gasteiger charge is 2.25. The summed E-state index contributed by atoms with van der Waals surface area (Å²) in [5.41, 5.74) is 0. The van der Waals surface area contributed by atoms with Crippen molar-refractivity contribution in [1.29, 1.82) is 0 Å². The molecule has 1 unspecified atom stereocenters. The molecule has 1 rings (SSSR count). The second-order valence-electron chi connectivity index (χ2n) is 4.03. The van der Waals surface area contributed by atoms with Crippen molar-refractivity contribution in [2.24, 2.45) is 0 Å². The van der Waals surface area contributed by atoms with E-state index in [0.717, 1.165) is 0 Å². The zero-order valence-corrected chi connectivity index (χ0v) is 10.0. The lowest BCUT2D eigenvalue weighted by molar-refractivity contribution is 1.04. The zero-order valence-electron chi connectivity index (χ0n) is 9.01. The molecule has 0 amide bonds. The Morgan fingerprint density at radius 2 is 1.69 bits per heavy atom. The highest BCUT2D eigenvalue weighted by Crippen LogP contribution is 2.16. The third-order valence-electron chi connectivity index (χ3n) is 3.05. The standard InChI is InChI=1S/C12H20Si/c1-4-11-13(3,5-2)12-9-7-6-8-10-12/h6-10H,4-5,11H2,1-3H3. The van der Waals surface area contributed by atoms with Crippen LogP contribution in [0.15, 0.2) is 30.3 Å². The molecule has 0 fully saturated rings. The van der Waals surface area contributed by atoms with Gasteiger partial charge in [0.25, 0.3) is 0 Å². The molecule has 1 heteroatoms. The largest absolute Gasteiger partial charge is 0.0833 e. The minimum atomic E-state index is -1.10. The molecule has 1 aromatic rings. The van der Waals surface area contributed by atoms with Gasteiger partial charge in [-0.15, -0.1) is 0 Å². The van der Waals surface area contributed by atoms with Crippen LogP contribution in [0.3, 0.4) is 0 Å². The summed E-state index contributed by atoms with van der Waals surface area (Å²) in [4.78, 5) is 0. The van der Waals surface area contributed by atoms with E-state index in [1.807, 2.05) is 0 Å². The van der Waals surface area contributed by atoms with Crippen LogP contribution in [0.4, 0.5) is 0 Å². The number of hydrogen-bond acceptors (Lipinski definition) is 0. The van der Waals surface area contributed by atoms with Crippen LogP contribution in [0.25, 0.3) is 0 Å². The normalized spacial score (nSPS) is 15.3. The molecule has 72 valence electrons. The van der Waals surface area contributed by atoms with Crippen LogP contribution in [0.5, 0.6) is 0 Å². The van der Waals surface area contributed by atoms with Gasteiger partial charge in [-0.05, 0) is 0 Å². The Morgan fingerprint density at radius 1 is 1.08 bits per heavy atom. The molecule has 0 aromatic heterocycles. The maximum absolute atomic E-state index is 2.51. The van der Waals surface area contributed by atoms with E-state index in [2.05, 4.69) is 50.7 Å². The average Bonchev–Trinajstić information content (AvgIpc) is 2.19. The van der Waals surface area contributed by atoms with E-state index in [1.165, 1.54) is 18.5 Å². The van der Waals surface area contributed by atoms with Crippen LogP contribution in [-0.2, 0) is 0 Å². The molecule has 1 aromatic carbocycles. The first-order valence-electron chi connectivity index (χ1n) is 5.28. The first kappa shape index (κ1) is 10.5. The van der Waals surface area contributed by atoms with Gasteiger partial charge in [0.1, 0.15) is 0 Å². The van der Waals surface area contributed by atoms with Crippen LogP contribution in [0.1, 0.15) is 20.3 Å². The molecule has 0 spiro atoms. The Bertz CT molecular complexity index is 243. The molecule has 13 heavy (non-hydrogen) atoms. The topological polar surface area (TPSA) is 0 Å². The van der Waals surface area contributed by atoms with E-state index < -0.39 is 8.07 Å². The molecule has 0 N–H and O–H groups in total. The van der Waals surface area contributed by atoms with Crippen LogP contribution in [0.2, 0.25) is 18.6 Å². The van der Waals surface area contributed by atoms with Gasteiger partial charge >= 0.3 is 0 Å². The lowest BCUT2D eigenvalue weighted by Gasteiger charge is -2.25. The van der Waals surface area contributed by atoms with Crippen molar-refractivity contribution in [2.75, 3.05) is 0 Å². The Labute approximate surface area is 83.0 Å². The summed E-state index contributed by atoms with van der Waals surface area (Å²) in [5, 5.41) is 1.62. The molecular weight excluding hydrogens is 172 g/mol. The summed E-state index contributed by atoms with van der Waals surface area (Å²) >= 11 is 0. The van der Waals surface area contributed by atoms with Crippen molar-refractivity contribution >= 4 is 13.3 Å². The fourth-order valence-corrected chi connectivity index (χ4v) is 5.07. The van der Waals surface area contributed by atoms with Crippen LogP contribution in [0, 0.1) is 0 Å². The molecular formula is C12H20Si. The Kier molecular flexibility index (Phi) is 3.73. The van der Waals surface area contributed by atoms with Gasteiger partial charge in [-0.3, -0.25) is 0 Å². The minimum Gasteiger partial charge on any atom is -0.0675 e. The summed E-state index contributed by atoms with van der Waals surface area (Å²) in [5.74, 6) is 0. The molecule has 0 radical (unpaired) electrons. The van der Waals surface area contributed by atoms with Crippen molar-refractivity contribution in [3.63, 3.8) is 0 Å². The number of benzene rings is 1. The van der Waals surface area contributed by atoms with E-state index in [1.54, 1.807) is 5.19 Å². The monoisotopic (exact) mass is 192 g/mol. The third-order valence-corrected chi connectivity index (χ3v) is 7.94. The van der Waals surface area contributed by atoms with Crippen LogP contribution >= 0.6 is 0 Å². The van der Waals surface area contributed by atoms with Crippen molar-refractivity contribution in [2.45, 2.75) is 38.9 Å². The number of hydrogen-bond donors (Lipinski definition) is 0. The summed E-state index contributed by atoms with van der Waals surface area (Å²) in [7, 11) is -1.10. The van der Waals surface area contributed by atoms with Crippen LogP contribution in [-0.4, -0.2) is 8.07 Å². The van der Waals surface area contributed by atoms with Gasteiger partial charge in [-0.1, -0.05) is 74.4 Å². The predicted octanol–water partition coefficient (Wildman–Crippen LogP) is 3.40. The van der Waals surface area contributed by atoms with Crippen molar-refractivity contribution in [1.82, 2.24) is 0 Å². The van der Waals surface area contributed by atoms with Gasteiger partial charge in [0.2, 0.25) is 0 Å². The van der Waals surface area contributed by atoms with E-state index in [-0.39, 0.29) is 0 Å². The van der Waals surface area contributed by atoms with Gasteiger partial charge in [-0.25, -0.2) is 0 Å². The van der Waals surface area contributed by atoms with Crippen molar-refractivity contribution < 1.29 is 0 Å². The molecule has 1 atom stereocenters. The van der Waals surface area contributed by atoms with Crippen molar-refractivity contribution in [3.05, 3.63) is 30.3 Å². The third kappa shape index (κ3) is 2.44. The molecule has 0 aliphatic carbocycles. The van der Waals surface area contributed by atoms with Gasteiger partial charge < -0.3 is 0 Å². The molecule has 0 heterocycles. The Morgan fingerprint density at radius 3 is 2.15 bits per heavy atom. The maximum atomic E-state index is 2.51. The fraction of sp³-hybridized carbons (Fsp3) is 0.500. The molecule has 0 aliphatic rings. The van der Waals surface area contributed by atoms with Gasteiger partial charge in [-0.2, -0.15) is 0 Å². The molecule has 0 bridgehead atoms. The summed E-state index contributed by atoms with van der Waals surface area (Å²) in [6.45, 7) is 7.14. The average molecular weight is 192 g/mol. The molecule has 0 saturated heterocycles. The van der Waals surface area contributed by atoms with Crippen LogP contribution < -0.4 is 5.19 Å².